The molecule has 0 bridgehead atoms. The van der Waals surface area contributed by atoms with Crippen LogP contribution < -0.4 is 16.0 Å². The van der Waals surface area contributed by atoms with Crippen LogP contribution in [0.25, 0.3) is 0 Å². The maximum Gasteiger partial charge on any atom is 0.410 e. The van der Waals surface area contributed by atoms with Crippen molar-refractivity contribution in [2.45, 2.75) is 24.9 Å². The summed E-state index contributed by atoms with van der Waals surface area (Å²) in [5, 5.41) is 15.7. The maximum atomic E-state index is 12.5. The molecule has 150 valence electrons. The highest BCUT2D eigenvalue weighted by atomic mass is 16.7. The normalized spacial score (nSPS) is 21.4. The third-order valence-corrected chi connectivity index (χ3v) is 3.70. The molecular weight excluding hydrogens is 374 g/mol. The Morgan fingerprint density at radius 3 is 2.43 bits per heavy atom. The molecule has 2 atom stereocenters. The maximum absolute atomic E-state index is 12.5. The first-order valence-corrected chi connectivity index (χ1v) is 8.28. The van der Waals surface area contributed by atoms with Gasteiger partial charge in [-0.2, -0.15) is 0 Å². The fourth-order valence-corrected chi connectivity index (χ4v) is 2.39. The minimum absolute atomic E-state index is 0.0470. The molecule has 2 rings (SSSR count). The summed E-state index contributed by atoms with van der Waals surface area (Å²) >= 11 is 0. The molecule has 1 aromatic carbocycles. The molecule has 0 aliphatic carbocycles. The van der Waals surface area contributed by atoms with Gasteiger partial charge in [-0.05, 0) is 5.56 Å². The number of carboxylic acid groups (broad SMARTS) is 1. The van der Waals surface area contributed by atoms with Gasteiger partial charge in [-0.25, -0.2) is 9.59 Å². The van der Waals surface area contributed by atoms with E-state index in [4.69, 9.17) is 9.84 Å². The first kappa shape index (κ1) is 20.7. The molecule has 1 heterocycles. The van der Waals surface area contributed by atoms with Crippen LogP contribution >= 0.6 is 0 Å². The number of carbonyl (C=O) groups is 5. The molecule has 1 fully saturated rings. The molecule has 0 unspecified atom stereocenters. The van der Waals surface area contributed by atoms with Gasteiger partial charge in [0.05, 0.1) is 6.42 Å². The number of aliphatic carboxylic acids is 1. The Hall–Kier alpha value is -3.63. The van der Waals surface area contributed by atoms with Gasteiger partial charge in [0.1, 0.15) is 18.6 Å². The molecule has 0 radical (unpaired) electrons. The van der Waals surface area contributed by atoms with Crippen molar-refractivity contribution in [3.05, 3.63) is 35.9 Å². The predicted molar refractivity (Wildman–Crippen MR) is 91.7 cm³/mol. The molecule has 0 spiro atoms. The van der Waals surface area contributed by atoms with Gasteiger partial charge < -0.3 is 30.5 Å². The first-order chi connectivity index (χ1) is 13.3. The molecule has 0 saturated carbocycles. The summed E-state index contributed by atoms with van der Waals surface area (Å²) in [7, 11) is 0. The number of hydrogen-bond donors (Lipinski definition) is 4. The van der Waals surface area contributed by atoms with Crippen molar-refractivity contribution in [3.63, 3.8) is 0 Å². The van der Waals surface area contributed by atoms with Crippen LogP contribution in [0.2, 0.25) is 0 Å². The summed E-state index contributed by atoms with van der Waals surface area (Å²) in [6.07, 6.45) is -1.68. The molecule has 3 amide bonds. The van der Waals surface area contributed by atoms with E-state index in [2.05, 4.69) is 20.7 Å². The molecule has 11 nitrogen and oxygen atoms in total. The lowest BCUT2D eigenvalue weighted by molar-refractivity contribution is -0.155. The number of esters is 1. The summed E-state index contributed by atoms with van der Waals surface area (Å²) in [5.41, 5.74) is 0.701. The predicted octanol–water partition coefficient (Wildman–Crippen LogP) is -1.09. The van der Waals surface area contributed by atoms with Crippen molar-refractivity contribution < 1.29 is 38.6 Å². The number of nitrogens with one attached hydrogen (secondary N) is 3. The van der Waals surface area contributed by atoms with E-state index in [0.29, 0.717) is 5.56 Å². The number of carbonyl (C=O) groups excluding carboxylic acids is 4. The Labute approximate surface area is 159 Å². The van der Waals surface area contributed by atoms with Gasteiger partial charge >= 0.3 is 18.0 Å². The van der Waals surface area contributed by atoms with Crippen LogP contribution in [0.4, 0.5) is 4.79 Å². The Morgan fingerprint density at radius 2 is 1.75 bits per heavy atom. The number of amides is 3. The fraction of sp³-hybridized carbons (Fsp3) is 0.353. The summed E-state index contributed by atoms with van der Waals surface area (Å²) in [5.74, 6) is -3.89. The standard InChI is InChI=1S/C17H19N3O8/c21-13-8-18-17(26)28-9-27-16(25)12(6-10-4-2-1-3-5-10)20-15(24)11(19-13)7-14(22)23/h1-5,11-12H,6-9H2,(H,18,26)(H,19,21)(H,20,24)(H,22,23)/t11-,12-/m0/s1. The highest BCUT2D eigenvalue weighted by Crippen LogP contribution is 2.06. The molecule has 0 aromatic heterocycles. The van der Waals surface area contributed by atoms with Crippen molar-refractivity contribution in [3.8, 4) is 0 Å². The van der Waals surface area contributed by atoms with E-state index in [0.717, 1.165) is 0 Å². The zero-order valence-corrected chi connectivity index (χ0v) is 14.7. The van der Waals surface area contributed by atoms with Crippen LogP contribution in [0.5, 0.6) is 0 Å². The third kappa shape index (κ3) is 6.59. The van der Waals surface area contributed by atoms with Crippen LogP contribution in [-0.4, -0.2) is 60.4 Å². The van der Waals surface area contributed by atoms with Gasteiger partial charge in [0.25, 0.3) is 0 Å². The van der Waals surface area contributed by atoms with Crippen LogP contribution in [0, 0.1) is 0 Å². The molecule has 1 aliphatic rings. The van der Waals surface area contributed by atoms with E-state index in [-0.39, 0.29) is 6.42 Å². The van der Waals surface area contributed by atoms with Gasteiger partial charge in [0.15, 0.2) is 0 Å². The number of rotatable bonds is 4. The summed E-state index contributed by atoms with van der Waals surface area (Å²) in [6, 6.07) is 6.06. The van der Waals surface area contributed by atoms with Gasteiger partial charge in [-0.15, -0.1) is 0 Å². The topological polar surface area (TPSA) is 160 Å². The van der Waals surface area contributed by atoms with Crippen LogP contribution in [-0.2, 0) is 35.1 Å². The summed E-state index contributed by atoms with van der Waals surface area (Å²) < 4.78 is 9.46. The minimum atomic E-state index is -1.45. The van der Waals surface area contributed by atoms with Gasteiger partial charge in [-0.3, -0.25) is 14.4 Å². The lowest BCUT2D eigenvalue weighted by Crippen LogP contribution is -2.54. The first-order valence-electron chi connectivity index (χ1n) is 8.28. The molecular formula is C17H19N3O8. The number of cyclic esters (lactones) is 2. The SMILES string of the molecule is O=C(O)C[C@@H]1NC(=O)CNC(=O)OCOC(=O)[C@H](Cc2ccccc2)NC1=O. The van der Waals surface area contributed by atoms with E-state index in [1.165, 1.54) is 0 Å². The molecule has 1 aromatic rings. The molecule has 4 N–H and O–H groups in total. The Balaban J connectivity index is 2.23. The zero-order valence-electron chi connectivity index (χ0n) is 14.7. The lowest BCUT2D eigenvalue weighted by Gasteiger charge is -2.21. The second-order valence-corrected chi connectivity index (χ2v) is 5.84. The van der Waals surface area contributed by atoms with E-state index in [1.807, 2.05) is 0 Å². The highest BCUT2D eigenvalue weighted by molar-refractivity contribution is 5.94. The highest BCUT2D eigenvalue weighted by Gasteiger charge is 2.30. The average molecular weight is 393 g/mol. The average Bonchev–Trinajstić information content (AvgIpc) is 2.65. The number of carboxylic acids is 1. The second-order valence-electron chi connectivity index (χ2n) is 5.84. The van der Waals surface area contributed by atoms with E-state index in [1.54, 1.807) is 30.3 Å². The van der Waals surface area contributed by atoms with E-state index >= 15 is 0 Å². The van der Waals surface area contributed by atoms with Crippen molar-refractivity contribution in [1.29, 1.82) is 0 Å². The molecule has 1 aliphatic heterocycles. The van der Waals surface area contributed by atoms with Crippen LogP contribution in [0.15, 0.2) is 30.3 Å². The monoisotopic (exact) mass is 393 g/mol. The smallest absolute Gasteiger partial charge is 0.410 e. The van der Waals surface area contributed by atoms with E-state index < -0.39 is 61.7 Å². The second kappa shape index (κ2) is 9.90. The lowest BCUT2D eigenvalue weighted by atomic mass is 10.0. The van der Waals surface area contributed by atoms with Crippen molar-refractivity contribution >= 4 is 29.8 Å². The quantitative estimate of drug-likeness (QED) is 0.470. The largest absolute Gasteiger partial charge is 0.481 e. The number of alkyl carbamates (subject to hydrolysis) is 1. The van der Waals surface area contributed by atoms with Crippen LogP contribution in [0.3, 0.4) is 0 Å². The Bertz CT molecular complexity index is 752. The molecule has 11 heteroatoms. The summed E-state index contributed by atoms with van der Waals surface area (Å²) in [6.45, 7) is -1.27. The number of hydrogen-bond acceptors (Lipinski definition) is 7. The minimum Gasteiger partial charge on any atom is -0.481 e. The molecule has 28 heavy (non-hydrogen) atoms. The fourth-order valence-electron chi connectivity index (χ4n) is 2.39. The third-order valence-electron chi connectivity index (χ3n) is 3.70. The molecule has 1 saturated heterocycles. The summed E-state index contributed by atoms with van der Waals surface area (Å²) in [4.78, 5) is 59.1. The van der Waals surface area contributed by atoms with Crippen LogP contribution in [0.1, 0.15) is 12.0 Å². The Morgan fingerprint density at radius 1 is 1.04 bits per heavy atom. The van der Waals surface area contributed by atoms with Crippen molar-refractivity contribution in [1.82, 2.24) is 16.0 Å². The van der Waals surface area contributed by atoms with Crippen molar-refractivity contribution in [2.75, 3.05) is 13.3 Å². The number of ether oxygens (including phenoxy) is 2. The van der Waals surface area contributed by atoms with Gasteiger partial charge in [-0.1, -0.05) is 30.3 Å². The Kier molecular flexibility index (Phi) is 7.31. The van der Waals surface area contributed by atoms with Gasteiger partial charge in [0.2, 0.25) is 18.6 Å². The van der Waals surface area contributed by atoms with Gasteiger partial charge in [0, 0.05) is 6.42 Å². The zero-order chi connectivity index (χ0) is 20.5. The van der Waals surface area contributed by atoms with Crippen molar-refractivity contribution in [2.24, 2.45) is 0 Å². The number of benzene rings is 1. The van der Waals surface area contributed by atoms with E-state index in [9.17, 15) is 24.0 Å².